The molecule has 3 rings (SSSR count). The first-order chi connectivity index (χ1) is 10.4. The molecule has 0 unspecified atom stereocenters. The zero-order valence-corrected chi connectivity index (χ0v) is 12.8. The Morgan fingerprint density at radius 2 is 2.04 bits per heavy atom. The molecule has 0 bridgehead atoms. The van der Waals surface area contributed by atoms with E-state index in [1.165, 1.54) is 12.1 Å². The van der Waals surface area contributed by atoms with Crippen molar-refractivity contribution >= 4 is 12.4 Å². The summed E-state index contributed by atoms with van der Waals surface area (Å²) < 4.78 is 48.1. The Morgan fingerprint density at radius 3 is 2.65 bits per heavy atom. The lowest BCUT2D eigenvalue weighted by Gasteiger charge is -2.34. The summed E-state index contributed by atoms with van der Waals surface area (Å²) in [6.07, 6.45) is -1.81. The molecule has 1 aliphatic rings. The van der Waals surface area contributed by atoms with Crippen LogP contribution >= 0.6 is 12.4 Å². The van der Waals surface area contributed by atoms with Crippen molar-refractivity contribution in [2.24, 2.45) is 5.73 Å². The van der Waals surface area contributed by atoms with Crippen LogP contribution < -0.4 is 10.5 Å². The molecule has 9 heteroatoms. The molecule has 0 saturated heterocycles. The maximum Gasteiger partial charge on any atom is 0.416 e. The van der Waals surface area contributed by atoms with E-state index in [0.717, 1.165) is 31.4 Å². The normalized spacial score (nSPS) is 16.3. The van der Waals surface area contributed by atoms with Gasteiger partial charge in [-0.3, -0.25) is 0 Å². The summed E-state index contributed by atoms with van der Waals surface area (Å²) in [6, 6.07) is 4.61. The molecular weight excluding hydrogens is 335 g/mol. The van der Waals surface area contributed by atoms with Crippen molar-refractivity contribution in [3.63, 3.8) is 0 Å². The van der Waals surface area contributed by atoms with Crippen LogP contribution in [0, 0.1) is 0 Å². The van der Waals surface area contributed by atoms with Gasteiger partial charge in [0.1, 0.15) is 5.75 Å². The molecule has 23 heavy (non-hydrogen) atoms. The smallest absolute Gasteiger partial charge is 0.416 e. The first kappa shape index (κ1) is 17.6. The van der Waals surface area contributed by atoms with Crippen LogP contribution in [0.4, 0.5) is 13.2 Å². The molecule has 1 aromatic carbocycles. The van der Waals surface area contributed by atoms with Gasteiger partial charge in [-0.1, -0.05) is 11.2 Å². The predicted octanol–water partition coefficient (Wildman–Crippen LogP) is 3.43. The average Bonchev–Trinajstić information content (AvgIpc) is 2.91. The topological polar surface area (TPSA) is 74.2 Å². The molecule has 126 valence electrons. The van der Waals surface area contributed by atoms with E-state index < -0.39 is 17.3 Å². The van der Waals surface area contributed by atoms with Crippen LogP contribution in [0.3, 0.4) is 0 Å². The van der Waals surface area contributed by atoms with Gasteiger partial charge in [0.2, 0.25) is 0 Å². The number of halogens is 4. The van der Waals surface area contributed by atoms with Gasteiger partial charge in [-0.05, 0) is 37.5 Å². The second-order valence-electron chi connectivity index (χ2n) is 5.34. The first-order valence-corrected chi connectivity index (χ1v) is 6.79. The van der Waals surface area contributed by atoms with Gasteiger partial charge in [0.25, 0.3) is 5.89 Å². The van der Waals surface area contributed by atoms with E-state index in [9.17, 15) is 13.2 Å². The van der Waals surface area contributed by atoms with Crippen LogP contribution in [0.1, 0.15) is 36.5 Å². The number of nitrogens with zero attached hydrogens (tertiary/aromatic N) is 2. The van der Waals surface area contributed by atoms with Crippen molar-refractivity contribution in [3.05, 3.63) is 41.5 Å². The molecule has 0 amide bonds. The zero-order valence-electron chi connectivity index (χ0n) is 12.0. The molecule has 1 aromatic heterocycles. The fraction of sp³-hybridized carbons (Fsp3) is 0.429. The number of ether oxygens (including phenoxy) is 1. The van der Waals surface area contributed by atoms with E-state index in [0.29, 0.717) is 5.82 Å². The summed E-state index contributed by atoms with van der Waals surface area (Å²) in [5.74, 6) is 0.686. The van der Waals surface area contributed by atoms with Gasteiger partial charge in [-0.15, -0.1) is 12.4 Å². The van der Waals surface area contributed by atoms with Crippen molar-refractivity contribution in [1.29, 1.82) is 0 Å². The second kappa shape index (κ2) is 6.37. The summed E-state index contributed by atoms with van der Waals surface area (Å²) in [6.45, 7) is -0.107. The lowest BCUT2D eigenvalue weighted by molar-refractivity contribution is -0.137. The lowest BCUT2D eigenvalue weighted by Crippen LogP contribution is -2.44. The van der Waals surface area contributed by atoms with Gasteiger partial charge in [0.05, 0.1) is 11.1 Å². The van der Waals surface area contributed by atoms with Crippen LogP contribution in [-0.2, 0) is 18.3 Å². The van der Waals surface area contributed by atoms with E-state index in [1.807, 2.05) is 0 Å². The Labute approximate surface area is 136 Å². The SMILES string of the molecule is Cl.NC1(c2noc(COc3cccc(C(F)(F)F)c3)n2)CCC1. The molecule has 1 heterocycles. The molecule has 1 saturated carbocycles. The van der Waals surface area contributed by atoms with Crippen molar-refractivity contribution in [2.45, 2.75) is 37.6 Å². The quantitative estimate of drug-likeness (QED) is 0.915. The van der Waals surface area contributed by atoms with E-state index in [-0.39, 0.29) is 30.7 Å². The molecule has 1 aliphatic carbocycles. The Bertz CT molecular complexity index is 671. The predicted molar refractivity (Wildman–Crippen MR) is 77.0 cm³/mol. The maximum absolute atomic E-state index is 12.6. The van der Waals surface area contributed by atoms with Crippen LogP contribution in [0.5, 0.6) is 5.75 Å². The molecular formula is C14H15ClF3N3O2. The number of aromatic nitrogens is 2. The number of rotatable bonds is 4. The van der Waals surface area contributed by atoms with E-state index in [2.05, 4.69) is 10.1 Å². The standard InChI is InChI=1S/C14H14F3N3O2.ClH/c15-14(16,17)9-3-1-4-10(7-9)21-8-11-19-12(20-22-11)13(18)5-2-6-13;/h1,3-4,7H,2,5-6,8,18H2;1H. The largest absolute Gasteiger partial charge is 0.484 e. The fourth-order valence-electron chi connectivity index (χ4n) is 2.20. The fourth-order valence-corrected chi connectivity index (χ4v) is 2.20. The van der Waals surface area contributed by atoms with Gasteiger partial charge in [0, 0.05) is 0 Å². The van der Waals surface area contributed by atoms with Crippen molar-refractivity contribution in [3.8, 4) is 5.75 Å². The highest BCUT2D eigenvalue weighted by Crippen LogP contribution is 2.37. The molecule has 1 fully saturated rings. The average molecular weight is 350 g/mol. The third kappa shape index (κ3) is 3.76. The number of hydrogen-bond donors (Lipinski definition) is 1. The second-order valence-corrected chi connectivity index (χ2v) is 5.34. The maximum atomic E-state index is 12.6. The summed E-state index contributed by atoms with van der Waals surface area (Å²) in [5, 5.41) is 3.81. The van der Waals surface area contributed by atoms with Gasteiger partial charge in [-0.2, -0.15) is 18.2 Å². The Morgan fingerprint density at radius 1 is 1.30 bits per heavy atom. The van der Waals surface area contributed by atoms with E-state index >= 15 is 0 Å². The van der Waals surface area contributed by atoms with Gasteiger partial charge in [0.15, 0.2) is 12.4 Å². The molecule has 0 spiro atoms. The molecule has 0 radical (unpaired) electrons. The first-order valence-electron chi connectivity index (χ1n) is 6.79. The summed E-state index contributed by atoms with van der Waals surface area (Å²) >= 11 is 0. The van der Waals surface area contributed by atoms with Crippen molar-refractivity contribution < 1.29 is 22.4 Å². The highest BCUT2D eigenvalue weighted by Gasteiger charge is 2.39. The van der Waals surface area contributed by atoms with Crippen LogP contribution in [-0.4, -0.2) is 10.1 Å². The Balaban J connectivity index is 0.00000192. The van der Waals surface area contributed by atoms with E-state index in [4.69, 9.17) is 15.0 Å². The Kier molecular flexibility index (Phi) is 4.86. The highest BCUT2D eigenvalue weighted by atomic mass is 35.5. The zero-order chi connectivity index (χ0) is 15.8. The molecule has 2 aromatic rings. The van der Waals surface area contributed by atoms with E-state index in [1.54, 1.807) is 0 Å². The minimum Gasteiger partial charge on any atom is -0.484 e. The number of alkyl halides is 3. The lowest BCUT2D eigenvalue weighted by atomic mass is 9.77. The third-order valence-corrected chi connectivity index (χ3v) is 3.68. The minimum absolute atomic E-state index is 0. The Hall–Kier alpha value is -1.80. The number of hydrogen-bond acceptors (Lipinski definition) is 5. The van der Waals surface area contributed by atoms with Crippen molar-refractivity contribution in [1.82, 2.24) is 10.1 Å². The molecule has 2 N–H and O–H groups in total. The molecule has 0 aliphatic heterocycles. The van der Waals surface area contributed by atoms with Crippen LogP contribution in [0.25, 0.3) is 0 Å². The summed E-state index contributed by atoms with van der Waals surface area (Å²) in [7, 11) is 0. The van der Waals surface area contributed by atoms with Crippen LogP contribution in [0.15, 0.2) is 28.8 Å². The summed E-state index contributed by atoms with van der Waals surface area (Å²) in [4.78, 5) is 4.14. The third-order valence-electron chi connectivity index (χ3n) is 3.68. The molecule has 5 nitrogen and oxygen atoms in total. The number of nitrogens with two attached hydrogens (primary N) is 1. The molecule has 0 atom stereocenters. The minimum atomic E-state index is -4.41. The van der Waals surface area contributed by atoms with Crippen molar-refractivity contribution in [2.75, 3.05) is 0 Å². The number of benzene rings is 1. The summed E-state index contributed by atoms with van der Waals surface area (Å²) in [5.41, 5.74) is 4.75. The van der Waals surface area contributed by atoms with Crippen LogP contribution in [0.2, 0.25) is 0 Å². The van der Waals surface area contributed by atoms with Gasteiger partial charge >= 0.3 is 6.18 Å². The highest BCUT2D eigenvalue weighted by molar-refractivity contribution is 5.85. The van der Waals surface area contributed by atoms with Gasteiger partial charge in [-0.25, -0.2) is 0 Å². The van der Waals surface area contributed by atoms with Gasteiger partial charge < -0.3 is 15.0 Å². The monoisotopic (exact) mass is 349 g/mol.